The fraction of sp³-hybridized carbons (Fsp3) is 0.588. The van der Waals surface area contributed by atoms with Gasteiger partial charge in [-0.25, -0.2) is 0 Å². The van der Waals surface area contributed by atoms with Crippen LogP contribution in [0, 0.1) is 0 Å². The smallest absolute Gasteiger partial charge is 0.134 e. The Morgan fingerprint density at radius 2 is 1.79 bits per heavy atom. The summed E-state index contributed by atoms with van der Waals surface area (Å²) in [5.41, 5.74) is 1.32. The van der Waals surface area contributed by atoms with Gasteiger partial charge in [0.1, 0.15) is 5.78 Å². The third kappa shape index (κ3) is 7.12. The molecule has 0 heterocycles. The normalized spacial score (nSPS) is 10.9. The first-order chi connectivity index (χ1) is 9.26. The molecule has 0 atom stereocenters. The molecule has 0 saturated carbocycles. The van der Waals surface area contributed by atoms with Gasteiger partial charge >= 0.3 is 0 Å². The van der Waals surface area contributed by atoms with E-state index in [4.69, 9.17) is 0 Å². The minimum atomic E-state index is 0.417. The standard InChI is InChI=1S/C17H27NO/c1-3-5-7-12-17(19)13-14-18(4-2)15-16-10-8-6-9-11-16/h6,8-11H,3-5,7,12-15H2,1-2H3. The molecule has 0 amide bonds. The molecule has 106 valence electrons. The highest BCUT2D eigenvalue weighted by Gasteiger charge is 2.07. The maximum Gasteiger partial charge on any atom is 0.134 e. The number of benzene rings is 1. The first kappa shape index (κ1) is 15.9. The number of nitrogens with zero attached hydrogens (tertiary/aromatic N) is 1. The summed E-state index contributed by atoms with van der Waals surface area (Å²) in [6.45, 7) is 7.15. The van der Waals surface area contributed by atoms with Crippen LogP contribution in [0.25, 0.3) is 0 Å². The first-order valence-electron chi connectivity index (χ1n) is 7.54. The van der Waals surface area contributed by atoms with Crippen LogP contribution in [0.4, 0.5) is 0 Å². The molecule has 0 aliphatic rings. The minimum absolute atomic E-state index is 0.417. The summed E-state index contributed by atoms with van der Waals surface area (Å²) in [5.74, 6) is 0.417. The van der Waals surface area contributed by atoms with Gasteiger partial charge in [0, 0.05) is 25.9 Å². The van der Waals surface area contributed by atoms with Crippen LogP contribution in [0.2, 0.25) is 0 Å². The van der Waals surface area contributed by atoms with Crippen LogP contribution in [0.1, 0.15) is 51.5 Å². The lowest BCUT2D eigenvalue weighted by Gasteiger charge is -2.20. The quantitative estimate of drug-likeness (QED) is 0.592. The van der Waals surface area contributed by atoms with Gasteiger partial charge in [-0.15, -0.1) is 0 Å². The van der Waals surface area contributed by atoms with Crippen molar-refractivity contribution in [1.82, 2.24) is 4.90 Å². The Hall–Kier alpha value is -1.15. The third-order valence-electron chi connectivity index (χ3n) is 3.46. The molecular formula is C17H27NO. The van der Waals surface area contributed by atoms with Crippen molar-refractivity contribution in [3.8, 4) is 0 Å². The van der Waals surface area contributed by atoms with E-state index in [1.165, 1.54) is 18.4 Å². The summed E-state index contributed by atoms with van der Waals surface area (Å²) in [6.07, 6.45) is 4.87. The van der Waals surface area contributed by atoms with Crippen molar-refractivity contribution in [3.63, 3.8) is 0 Å². The SMILES string of the molecule is CCCCCC(=O)CCN(CC)Cc1ccccc1. The summed E-state index contributed by atoms with van der Waals surface area (Å²) in [4.78, 5) is 14.1. The lowest BCUT2D eigenvalue weighted by atomic mass is 10.1. The number of hydrogen-bond donors (Lipinski definition) is 0. The molecule has 1 rings (SSSR count). The predicted octanol–water partition coefficient (Wildman–Crippen LogP) is 4.05. The second-order valence-corrected chi connectivity index (χ2v) is 5.10. The van der Waals surface area contributed by atoms with E-state index < -0.39 is 0 Å². The average molecular weight is 261 g/mol. The molecule has 0 bridgehead atoms. The first-order valence-corrected chi connectivity index (χ1v) is 7.54. The summed E-state index contributed by atoms with van der Waals surface area (Å²) in [6, 6.07) is 10.5. The number of rotatable bonds is 10. The molecule has 2 heteroatoms. The number of hydrogen-bond acceptors (Lipinski definition) is 2. The van der Waals surface area contributed by atoms with Crippen LogP contribution < -0.4 is 0 Å². The Balaban J connectivity index is 2.27. The molecule has 19 heavy (non-hydrogen) atoms. The molecule has 1 aromatic carbocycles. The van der Waals surface area contributed by atoms with Crippen LogP contribution in [-0.4, -0.2) is 23.8 Å². The van der Waals surface area contributed by atoms with Gasteiger partial charge in [0.2, 0.25) is 0 Å². The maximum atomic E-state index is 11.8. The van der Waals surface area contributed by atoms with Crippen LogP contribution >= 0.6 is 0 Å². The van der Waals surface area contributed by atoms with Gasteiger partial charge in [0.05, 0.1) is 0 Å². The molecule has 0 radical (unpaired) electrons. The highest BCUT2D eigenvalue weighted by molar-refractivity contribution is 5.78. The molecule has 0 aliphatic carbocycles. The number of unbranched alkanes of at least 4 members (excludes halogenated alkanes) is 2. The second-order valence-electron chi connectivity index (χ2n) is 5.10. The second kappa shape index (κ2) is 9.74. The molecule has 0 aliphatic heterocycles. The minimum Gasteiger partial charge on any atom is -0.300 e. The Labute approximate surface area is 117 Å². The lowest BCUT2D eigenvalue weighted by molar-refractivity contribution is -0.119. The fourth-order valence-electron chi connectivity index (χ4n) is 2.17. The van der Waals surface area contributed by atoms with Gasteiger partial charge in [0.15, 0.2) is 0 Å². The molecule has 1 aromatic rings. The van der Waals surface area contributed by atoms with Gasteiger partial charge in [-0.2, -0.15) is 0 Å². The monoisotopic (exact) mass is 261 g/mol. The number of ketones is 1. The molecule has 0 spiro atoms. The fourth-order valence-corrected chi connectivity index (χ4v) is 2.17. The lowest BCUT2D eigenvalue weighted by Crippen LogP contribution is -2.25. The molecule has 2 nitrogen and oxygen atoms in total. The van der Waals surface area contributed by atoms with Crippen molar-refractivity contribution >= 4 is 5.78 Å². The molecule has 0 saturated heterocycles. The predicted molar refractivity (Wildman–Crippen MR) is 81.2 cm³/mol. The molecule has 0 aromatic heterocycles. The summed E-state index contributed by atoms with van der Waals surface area (Å²) in [7, 11) is 0. The topological polar surface area (TPSA) is 20.3 Å². The number of carbonyl (C=O) groups is 1. The zero-order chi connectivity index (χ0) is 13.9. The Morgan fingerprint density at radius 1 is 1.05 bits per heavy atom. The van der Waals surface area contributed by atoms with Crippen molar-refractivity contribution < 1.29 is 4.79 Å². The number of Topliss-reactive ketones (excluding diaryl/α,β-unsaturated/α-hetero) is 1. The zero-order valence-corrected chi connectivity index (χ0v) is 12.4. The van der Waals surface area contributed by atoms with Gasteiger partial charge in [-0.05, 0) is 18.5 Å². The van der Waals surface area contributed by atoms with E-state index >= 15 is 0 Å². The van der Waals surface area contributed by atoms with Crippen LogP contribution in [-0.2, 0) is 11.3 Å². The van der Waals surface area contributed by atoms with E-state index in [1.807, 2.05) is 6.07 Å². The maximum absolute atomic E-state index is 11.8. The van der Waals surface area contributed by atoms with E-state index in [1.54, 1.807) is 0 Å². The summed E-state index contributed by atoms with van der Waals surface area (Å²) < 4.78 is 0. The Kier molecular flexibility index (Phi) is 8.15. The van der Waals surface area contributed by atoms with E-state index in [2.05, 4.69) is 43.0 Å². The van der Waals surface area contributed by atoms with E-state index in [9.17, 15) is 4.79 Å². The van der Waals surface area contributed by atoms with E-state index in [-0.39, 0.29) is 0 Å². The van der Waals surface area contributed by atoms with Crippen LogP contribution in [0.15, 0.2) is 30.3 Å². The Bertz CT molecular complexity index is 348. The Morgan fingerprint density at radius 3 is 2.42 bits per heavy atom. The van der Waals surface area contributed by atoms with Crippen LogP contribution in [0.5, 0.6) is 0 Å². The van der Waals surface area contributed by atoms with E-state index in [0.29, 0.717) is 12.2 Å². The van der Waals surface area contributed by atoms with Gasteiger partial charge in [-0.1, -0.05) is 57.0 Å². The van der Waals surface area contributed by atoms with Crippen molar-refractivity contribution in [2.24, 2.45) is 0 Å². The van der Waals surface area contributed by atoms with Gasteiger partial charge in [0.25, 0.3) is 0 Å². The van der Waals surface area contributed by atoms with Crippen LogP contribution in [0.3, 0.4) is 0 Å². The zero-order valence-electron chi connectivity index (χ0n) is 12.4. The van der Waals surface area contributed by atoms with Crippen molar-refractivity contribution in [3.05, 3.63) is 35.9 Å². The molecule has 0 N–H and O–H groups in total. The number of carbonyl (C=O) groups excluding carboxylic acids is 1. The third-order valence-corrected chi connectivity index (χ3v) is 3.46. The molecule has 0 unspecified atom stereocenters. The van der Waals surface area contributed by atoms with Crippen molar-refractivity contribution in [2.75, 3.05) is 13.1 Å². The van der Waals surface area contributed by atoms with E-state index in [0.717, 1.165) is 32.5 Å². The van der Waals surface area contributed by atoms with Crippen molar-refractivity contribution in [2.45, 2.75) is 52.5 Å². The van der Waals surface area contributed by atoms with Crippen molar-refractivity contribution in [1.29, 1.82) is 0 Å². The largest absolute Gasteiger partial charge is 0.300 e. The van der Waals surface area contributed by atoms with Gasteiger partial charge in [-0.3, -0.25) is 9.69 Å². The average Bonchev–Trinajstić information content (AvgIpc) is 2.45. The highest BCUT2D eigenvalue weighted by Crippen LogP contribution is 2.07. The summed E-state index contributed by atoms with van der Waals surface area (Å²) >= 11 is 0. The molecular weight excluding hydrogens is 234 g/mol. The molecule has 0 fully saturated rings. The highest BCUT2D eigenvalue weighted by atomic mass is 16.1. The summed E-state index contributed by atoms with van der Waals surface area (Å²) in [5, 5.41) is 0. The van der Waals surface area contributed by atoms with Gasteiger partial charge < -0.3 is 0 Å².